The molecule has 1 unspecified atom stereocenters. The first-order valence-corrected chi connectivity index (χ1v) is 6.92. The first-order chi connectivity index (χ1) is 9.72. The molecule has 1 aromatic heterocycles. The van der Waals surface area contributed by atoms with Crippen molar-refractivity contribution in [2.75, 3.05) is 13.1 Å². The number of hydrogen-bond donors (Lipinski definition) is 2. The third kappa shape index (κ3) is 4.77. The van der Waals surface area contributed by atoms with Crippen molar-refractivity contribution in [2.45, 2.75) is 40.7 Å². The number of urea groups is 1. The number of carboxylic acids is 1. The molecule has 21 heavy (non-hydrogen) atoms. The number of hydrogen-bond acceptors (Lipinski definition) is 4. The maximum absolute atomic E-state index is 12.2. The average molecular weight is 297 g/mol. The number of rotatable bonds is 6. The SMILES string of the molecule is Cc1noc(C)c1C(C)NC(=O)N(CC(=O)O)CC(C)C. The quantitative estimate of drug-likeness (QED) is 0.838. The monoisotopic (exact) mass is 297 g/mol. The molecule has 0 aliphatic rings. The third-order valence-corrected chi connectivity index (χ3v) is 3.06. The summed E-state index contributed by atoms with van der Waals surface area (Å²) >= 11 is 0. The molecule has 0 saturated heterocycles. The fourth-order valence-corrected chi connectivity index (χ4v) is 2.28. The molecular weight excluding hydrogens is 274 g/mol. The van der Waals surface area contributed by atoms with Gasteiger partial charge >= 0.3 is 12.0 Å². The number of carbonyl (C=O) groups is 2. The van der Waals surface area contributed by atoms with Crippen molar-refractivity contribution >= 4 is 12.0 Å². The number of nitrogens with one attached hydrogen (secondary N) is 1. The van der Waals surface area contributed by atoms with E-state index in [-0.39, 0.29) is 18.5 Å². The molecule has 7 nitrogen and oxygen atoms in total. The molecule has 1 aromatic rings. The predicted molar refractivity (Wildman–Crippen MR) is 77.0 cm³/mol. The molecule has 118 valence electrons. The minimum Gasteiger partial charge on any atom is -0.480 e. The topological polar surface area (TPSA) is 95.7 Å². The fourth-order valence-electron chi connectivity index (χ4n) is 2.28. The Hall–Kier alpha value is -2.05. The van der Waals surface area contributed by atoms with Crippen LogP contribution < -0.4 is 5.32 Å². The average Bonchev–Trinajstić information content (AvgIpc) is 2.66. The Morgan fingerprint density at radius 2 is 1.95 bits per heavy atom. The summed E-state index contributed by atoms with van der Waals surface area (Å²) in [6.45, 7) is 9.32. The highest BCUT2D eigenvalue weighted by Crippen LogP contribution is 2.21. The predicted octanol–water partition coefficient (Wildman–Crippen LogP) is 2.10. The maximum Gasteiger partial charge on any atom is 0.323 e. The smallest absolute Gasteiger partial charge is 0.323 e. The number of aryl methyl sites for hydroxylation is 2. The lowest BCUT2D eigenvalue weighted by Crippen LogP contribution is -2.45. The van der Waals surface area contributed by atoms with E-state index in [0.29, 0.717) is 18.0 Å². The van der Waals surface area contributed by atoms with E-state index in [1.165, 1.54) is 4.90 Å². The molecule has 2 amide bonds. The van der Waals surface area contributed by atoms with E-state index in [4.69, 9.17) is 9.63 Å². The van der Waals surface area contributed by atoms with E-state index in [2.05, 4.69) is 10.5 Å². The summed E-state index contributed by atoms with van der Waals surface area (Å²) < 4.78 is 5.08. The Labute approximate surface area is 124 Å². The first kappa shape index (κ1) is 17.0. The molecule has 0 aromatic carbocycles. The molecule has 0 aliphatic heterocycles. The highest BCUT2D eigenvalue weighted by atomic mass is 16.5. The minimum absolute atomic E-state index is 0.185. The van der Waals surface area contributed by atoms with Crippen LogP contribution in [0.3, 0.4) is 0 Å². The molecule has 2 N–H and O–H groups in total. The molecule has 7 heteroatoms. The van der Waals surface area contributed by atoms with Gasteiger partial charge in [0.25, 0.3) is 0 Å². The first-order valence-electron chi connectivity index (χ1n) is 6.92. The summed E-state index contributed by atoms with van der Waals surface area (Å²) in [6, 6.07) is -0.703. The van der Waals surface area contributed by atoms with Gasteiger partial charge in [-0.15, -0.1) is 0 Å². The van der Waals surface area contributed by atoms with Crippen molar-refractivity contribution in [2.24, 2.45) is 5.92 Å². The van der Waals surface area contributed by atoms with Crippen LogP contribution in [0, 0.1) is 19.8 Å². The third-order valence-electron chi connectivity index (χ3n) is 3.06. The van der Waals surface area contributed by atoms with Crippen molar-refractivity contribution in [1.82, 2.24) is 15.4 Å². The van der Waals surface area contributed by atoms with Crippen LogP contribution in [0.5, 0.6) is 0 Å². The second-order valence-electron chi connectivity index (χ2n) is 5.58. The van der Waals surface area contributed by atoms with Crippen LogP contribution >= 0.6 is 0 Å². The zero-order valence-electron chi connectivity index (χ0n) is 13.1. The van der Waals surface area contributed by atoms with Crippen molar-refractivity contribution in [3.05, 3.63) is 17.0 Å². The van der Waals surface area contributed by atoms with Crippen LogP contribution in [-0.2, 0) is 4.79 Å². The molecule has 0 spiro atoms. The summed E-state index contributed by atoms with van der Waals surface area (Å²) in [4.78, 5) is 24.4. The number of carbonyl (C=O) groups excluding carboxylic acids is 1. The van der Waals surface area contributed by atoms with E-state index >= 15 is 0 Å². The lowest BCUT2D eigenvalue weighted by molar-refractivity contribution is -0.137. The normalized spacial score (nSPS) is 12.3. The van der Waals surface area contributed by atoms with Gasteiger partial charge in [0, 0.05) is 12.1 Å². The Balaban J connectivity index is 2.78. The fraction of sp³-hybridized carbons (Fsp3) is 0.643. The highest BCUT2D eigenvalue weighted by molar-refractivity contribution is 5.80. The Kier molecular flexibility index (Phi) is 5.75. The zero-order chi connectivity index (χ0) is 16.2. The lowest BCUT2D eigenvalue weighted by atomic mass is 10.1. The molecule has 0 fully saturated rings. The van der Waals surface area contributed by atoms with Crippen molar-refractivity contribution in [3.63, 3.8) is 0 Å². The number of nitrogens with zero attached hydrogens (tertiary/aromatic N) is 2. The lowest BCUT2D eigenvalue weighted by Gasteiger charge is -2.25. The van der Waals surface area contributed by atoms with Crippen LogP contribution in [0.25, 0.3) is 0 Å². The molecule has 1 heterocycles. The Morgan fingerprint density at radius 3 is 2.38 bits per heavy atom. The van der Waals surface area contributed by atoms with Crippen molar-refractivity contribution < 1.29 is 19.2 Å². The van der Waals surface area contributed by atoms with E-state index in [1.54, 1.807) is 13.8 Å². The van der Waals surface area contributed by atoms with Gasteiger partial charge in [0.15, 0.2) is 0 Å². The number of aromatic nitrogens is 1. The van der Waals surface area contributed by atoms with Crippen LogP contribution in [0.1, 0.15) is 43.8 Å². The van der Waals surface area contributed by atoms with Crippen LogP contribution in [-0.4, -0.2) is 40.3 Å². The summed E-state index contributed by atoms with van der Waals surface area (Å²) in [6.07, 6.45) is 0. The van der Waals surface area contributed by atoms with E-state index in [1.807, 2.05) is 20.8 Å². The Bertz CT molecular complexity index is 491. The zero-order valence-corrected chi connectivity index (χ0v) is 13.1. The number of aliphatic carboxylic acids is 1. The molecule has 0 bridgehead atoms. The van der Waals surface area contributed by atoms with Crippen molar-refractivity contribution in [1.29, 1.82) is 0 Å². The minimum atomic E-state index is -1.03. The Morgan fingerprint density at radius 1 is 1.33 bits per heavy atom. The standard InChI is InChI=1S/C14H23N3O4/c1-8(2)6-17(7-12(18)19)14(20)15-9(3)13-10(4)16-21-11(13)5/h8-9H,6-7H2,1-5H3,(H,15,20)(H,18,19). The van der Waals surface area contributed by atoms with Gasteiger partial charge < -0.3 is 19.8 Å². The van der Waals surface area contributed by atoms with Gasteiger partial charge in [-0.05, 0) is 26.7 Å². The molecule has 0 saturated carbocycles. The van der Waals surface area contributed by atoms with Crippen molar-refractivity contribution in [3.8, 4) is 0 Å². The molecule has 1 rings (SSSR count). The van der Waals surface area contributed by atoms with Crippen LogP contribution in [0.4, 0.5) is 4.79 Å². The molecular formula is C14H23N3O4. The summed E-state index contributed by atoms with van der Waals surface area (Å²) in [7, 11) is 0. The van der Waals surface area contributed by atoms with E-state index < -0.39 is 12.0 Å². The van der Waals surface area contributed by atoms with Gasteiger partial charge in [-0.1, -0.05) is 19.0 Å². The van der Waals surface area contributed by atoms with Gasteiger partial charge in [0.1, 0.15) is 12.3 Å². The largest absolute Gasteiger partial charge is 0.480 e. The molecule has 1 atom stereocenters. The second-order valence-corrected chi connectivity index (χ2v) is 5.58. The van der Waals surface area contributed by atoms with Crippen LogP contribution in [0.15, 0.2) is 4.52 Å². The molecule has 0 aliphatic carbocycles. The van der Waals surface area contributed by atoms with E-state index in [0.717, 1.165) is 5.56 Å². The number of amides is 2. The number of carboxylic acid groups (broad SMARTS) is 1. The van der Waals surface area contributed by atoms with Gasteiger partial charge in [-0.2, -0.15) is 0 Å². The summed E-state index contributed by atoms with van der Waals surface area (Å²) in [5, 5.41) is 15.6. The summed E-state index contributed by atoms with van der Waals surface area (Å²) in [5.41, 5.74) is 1.54. The highest BCUT2D eigenvalue weighted by Gasteiger charge is 2.23. The summed E-state index contributed by atoms with van der Waals surface area (Å²) in [5.74, 6) is -0.200. The second kappa shape index (κ2) is 7.10. The molecule has 0 radical (unpaired) electrons. The van der Waals surface area contributed by atoms with Gasteiger partial charge in [0.2, 0.25) is 0 Å². The maximum atomic E-state index is 12.2. The van der Waals surface area contributed by atoms with Crippen LogP contribution in [0.2, 0.25) is 0 Å². The van der Waals surface area contributed by atoms with Gasteiger partial charge in [-0.25, -0.2) is 4.79 Å². The van der Waals surface area contributed by atoms with Gasteiger partial charge in [-0.3, -0.25) is 4.79 Å². The van der Waals surface area contributed by atoms with E-state index in [9.17, 15) is 9.59 Å². The van der Waals surface area contributed by atoms with Gasteiger partial charge in [0.05, 0.1) is 11.7 Å².